The zero-order valence-electron chi connectivity index (χ0n) is 8.33. The van der Waals surface area contributed by atoms with Gasteiger partial charge in [-0.15, -0.1) is 11.6 Å². The van der Waals surface area contributed by atoms with Crippen LogP contribution in [-0.2, 0) is 13.1 Å². The Labute approximate surface area is 88.7 Å². The summed E-state index contributed by atoms with van der Waals surface area (Å²) in [7, 11) is 0. The van der Waals surface area contributed by atoms with Gasteiger partial charge in [0, 0.05) is 18.0 Å². The second kappa shape index (κ2) is 3.87. The van der Waals surface area contributed by atoms with Crippen molar-refractivity contribution >= 4 is 11.6 Å². The molecule has 1 aromatic heterocycles. The van der Waals surface area contributed by atoms with Crippen LogP contribution < -0.4 is 5.32 Å². The molecule has 1 fully saturated rings. The van der Waals surface area contributed by atoms with E-state index >= 15 is 0 Å². The van der Waals surface area contributed by atoms with E-state index < -0.39 is 0 Å². The highest BCUT2D eigenvalue weighted by atomic mass is 35.5. The van der Waals surface area contributed by atoms with E-state index in [1.54, 1.807) is 6.33 Å². The third-order valence-corrected chi connectivity index (χ3v) is 3.24. The quantitative estimate of drug-likeness (QED) is 0.749. The normalized spacial score (nSPS) is 18.4. The van der Waals surface area contributed by atoms with Gasteiger partial charge in [-0.25, -0.2) is 9.67 Å². The van der Waals surface area contributed by atoms with Gasteiger partial charge in [0.2, 0.25) is 0 Å². The Kier molecular flexibility index (Phi) is 2.74. The third kappa shape index (κ3) is 1.91. The first-order valence-corrected chi connectivity index (χ1v) is 5.51. The average Bonchev–Trinajstić information content (AvgIpc) is 2.86. The molecular weight excluding hydrogens is 200 g/mol. The molecule has 5 heteroatoms. The number of aromatic nitrogens is 3. The molecule has 0 aliphatic heterocycles. The summed E-state index contributed by atoms with van der Waals surface area (Å²) in [6.07, 6.45) is 3.95. The lowest BCUT2D eigenvalue weighted by atomic mass is 10.3. The minimum atomic E-state index is 0.187. The van der Waals surface area contributed by atoms with Crippen molar-refractivity contribution in [2.24, 2.45) is 0 Å². The van der Waals surface area contributed by atoms with Crippen molar-refractivity contribution in [1.82, 2.24) is 20.1 Å². The maximum atomic E-state index is 5.86. The number of aryl methyl sites for hydroxylation is 1. The topological polar surface area (TPSA) is 42.7 Å². The number of alkyl halides is 1. The predicted molar refractivity (Wildman–Crippen MR) is 55.2 cm³/mol. The van der Waals surface area contributed by atoms with Gasteiger partial charge in [-0.2, -0.15) is 5.10 Å². The third-order valence-electron chi connectivity index (χ3n) is 2.73. The summed E-state index contributed by atoms with van der Waals surface area (Å²) in [6.45, 7) is 3.69. The van der Waals surface area contributed by atoms with E-state index in [-0.39, 0.29) is 5.54 Å². The molecule has 0 radical (unpaired) electrons. The Bertz CT molecular complexity index is 306. The molecule has 1 saturated carbocycles. The summed E-state index contributed by atoms with van der Waals surface area (Å²) in [5, 5.41) is 7.56. The molecule has 0 amide bonds. The van der Waals surface area contributed by atoms with Crippen LogP contribution in [0.4, 0.5) is 0 Å². The largest absolute Gasteiger partial charge is 0.303 e. The van der Waals surface area contributed by atoms with Crippen LogP contribution in [0, 0.1) is 0 Å². The molecule has 0 bridgehead atoms. The highest BCUT2D eigenvalue weighted by Gasteiger charge is 2.41. The highest BCUT2D eigenvalue weighted by molar-refractivity contribution is 6.18. The fraction of sp³-hybridized carbons (Fsp3) is 0.778. The Morgan fingerprint density at radius 3 is 3.00 bits per heavy atom. The van der Waals surface area contributed by atoms with Crippen LogP contribution in [0.15, 0.2) is 6.33 Å². The second-order valence-corrected chi connectivity index (χ2v) is 4.03. The van der Waals surface area contributed by atoms with E-state index in [1.165, 1.54) is 12.8 Å². The van der Waals surface area contributed by atoms with Crippen LogP contribution in [0.3, 0.4) is 0 Å². The average molecular weight is 215 g/mol. The summed E-state index contributed by atoms with van der Waals surface area (Å²) in [4.78, 5) is 4.20. The monoisotopic (exact) mass is 214 g/mol. The summed E-state index contributed by atoms with van der Waals surface area (Å²) in [5.74, 6) is 1.68. The fourth-order valence-corrected chi connectivity index (χ4v) is 1.83. The molecule has 1 aliphatic carbocycles. The van der Waals surface area contributed by atoms with E-state index in [0.29, 0.717) is 5.88 Å². The first-order chi connectivity index (χ1) is 6.79. The molecule has 0 aromatic carbocycles. The van der Waals surface area contributed by atoms with E-state index in [4.69, 9.17) is 11.6 Å². The number of hydrogen-bond acceptors (Lipinski definition) is 3. The maximum Gasteiger partial charge on any atom is 0.140 e. The van der Waals surface area contributed by atoms with Crippen molar-refractivity contribution in [3.05, 3.63) is 12.2 Å². The van der Waals surface area contributed by atoms with Gasteiger partial charge in [-0.05, 0) is 19.8 Å². The van der Waals surface area contributed by atoms with Crippen molar-refractivity contribution in [1.29, 1.82) is 0 Å². The minimum absolute atomic E-state index is 0.187. The Morgan fingerprint density at radius 2 is 2.43 bits per heavy atom. The summed E-state index contributed by atoms with van der Waals surface area (Å²) in [6, 6.07) is 0. The molecule has 1 aromatic rings. The molecule has 0 unspecified atom stereocenters. The zero-order valence-corrected chi connectivity index (χ0v) is 9.09. The molecule has 1 aliphatic rings. The van der Waals surface area contributed by atoms with E-state index in [2.05, 4.69) is 22.3 Å². The van der Waals surface area contributed by atoms with Crippen molar-refractivity contribution in [2.75, 3.05) is 5.88 Å². The first-order valence-electron chi connectivity index (χ1n) is 4.97. The lowest BCUT2D eigenvalue weighted by Gasteiger charge is -2.13. The fourth-order valence-electron chi connectivity index (χ4n) is 1.46. The molecule has 0 saturated heterocycles. The predicted octanol–water partition coefficient (Wildman–Crippen LogP) is 1.16. The van der Waals surface area contributed by atoms with Gasteiger partial charge in [0.15, 0.2) is 0 Å². The van der Waals surface area contributed by atoms with E-state index in [9.17, 15) is 0 Å². The Balaban J connectivity index is 1.91. The standard InChI is InChI=1S/C9H15ClN4/c1-2-14-8(11-7-13-14)5-12-9(6-10)3-4-9/h7,12H,2-6H2,1H3. The Morgan fingerprint density at radius 1 is 1.64 bits per heavy atom. The highest BCUT2D eigenvalue weighted by Crippen LogP contribution is 2.36. The molecule has 0 atom stereocenters. The Hall–Kier alpha value is -0.610. The number of hydrogen-bond donors (Lipinski definition) is 1. The van der Waals surface area contributed by atoms with Gasteiger partial charge in [0.25, 0.3) is 0 Å². The molecule has 1 heterocycles. The lowest BCUT2D eigenvalue weighted by Crippen LogP contribution is -2.33. The number of rotatable bonds is 5. The van der Waals surface area contributed by atoms with Crippen LogP contribution >= 0.6 is 11.6 Å². The van der Waals surface area contributed by atoms with E-state index in [1.807, 2.05) is 4.68 Å². The molecule has 4 nitrogen and oxygen atoms in total. The van der Waals surface area contributed by atoms with Crippen LogP contribution in [0.2, 0.25) is 0 Å². The molecule has 14 heavy (non-hydrogen) atoms. The number of nitrogens with zero attached hydrogens (tertiary/aromatic N) is 3. The van der Waals surface area contributed by atoms with Crippen LogP contribution in [0.25, 0.3) is 0 Å². The van der Waals surface area contributed by atoms with Gasteiger partial charge in [0.05, 0.1) is 6.54 Å². The molecule has 2 rings (SSSR count). The smallest absolute Gasteiger partial charge is 0.140 e. The maximum absolute atomic E-state index is 5.86. The van der Waals surface area contributed by atoms with Gasteiger partial charge in [0.1, 0.15) is 12.2 Å². The van der Waals surface area contributed by atoms with Crippen LogP contribution in [0.5, 0.6) is 0 Å². The van der Waals surface area contributed by atoms with Gasteiger partial charge < -0.3 is 5.32 Å². The summed E-state index contributed by atoms with van der Waals surface area (Å²) >= 11 is 5.86. The van der Waals surface area contributed by atoms with Crippen LogP contribution in [0.1, 0.15) is 25.6 Å². The lowest BCUT2D eigenvalue weighted by molar-refractivity contribution is 0.503. The van der Waals surface area contributed by atoms with E-state index in [0.717, 1.165) is 18.9 Å². The van der Waals surface area contributed by atoms with Crippen molar-refractivity contribution in [3.8, 4) is 0 Å². The van der Waals surface area contributed by atoms with Crippen molar-refractivity contribution in [2.45, 2.75) is 38.4 Å². The SMILES string of the molecule is CCn1ncnc1CNC1(CCl)CC1. The summed E-state index contributed by atoms with van der Waals surface area (Å²) < 4.78 is 1.90. The molecule has 0 spiro atoms. The summed E-state index contributed by atoms with van der Waals surface area (Å²) in [5.41, 5.74) is 0.187. The van der Waals surface area contributed by atoms with Gasteiger partial charge in [-0.1, -0.05) is 0 Å². The zero-order chi connectivity index (χ0) is 10.0. The minimum Gasteiger partial charge on any atom is -0.303 e. The first kappa shape index (κ1) is 9.93. The molecule has 78 valence electrons. The molecular formula is C9H15ClN4. The van der Waals surface area contributed by atoms with Gasteiger partial charge in [-0.3, -0.25) is 0 Å². The number of nitrogens with one attached hydrogen (secondary N) is 1. The van der Waals surface area contributed by atoms with Gasteiger partial charge >= 0.3 is 0 Å². The molecule has 1 N–H and O–H groups in total. The van der Waals surface area contributed by atoms with Crippen molar-refractivity contribution in [3.63, 3.8) is 0 Å². The van der Waals surface area contributed by atoms with Crippen LogP contribution in [-0.4, -0.2) is 26.2 Å². The number of halogens is 1. The second-order valence-electron chi connectivity index (χ2n) is 3.76. The van der Waals surface area contributed by atoms with Crippen molar-refractivity contribution < 1.29 is 0 Å².